The van der Waals surface area contributed by atoms with Crippen molar-refractivity contribution in [3.63, 3.8) is 0 Å². The number of benzene rings is 1. The van der Waals surface area contributed by atoms with Gasteiger partial charge in [-0.1, -0.05) is 0 Å². The number of H-pyrrole nitrogens is 1. The predicted octanol–water partition coefficient (Wildman–Crippen LogP) is 2.78. The van der Waals surface area contributed by atoms with Gasteiger partial charge >= 0.3 is 0 Å². The third kappa shape index (κ3) is 4.59. The van der Waals surface area contributed by atoms with E-state index in [4.69, 9.17) is 4.74 Å². The Morgan fingerprint density at radius 3 is 2.59 bits per heavy atom. The van der Waals surface area contributed by atoms with Crippen LogP contribution in [-0.4, -0.2) is 51.2 Å². The first-order valence-corrected chi connectivity index (χ1v) is 11.0. The molecule has 0 spiro atoms. The maximum Gasteiger partial charge on any atom is 0.274 e. The van der Waals surface area contributed by atoms with E-state index < -0.39 is 0 Å². The van der Waals surface area contributed by atoms with Gasteiger partial charge in [0.2, 0.25) is 5.91 Å². The van der Waals surface area contributed by atoms with Crippen LogP contribution in [0.3, 0.4) is 0 Å². The van der Waals surface area contributed by atoms with Crippen LogP contribution in [0.5, 0.6) is 5.75 Å². The maximum atomic E-state index is 12.8. The van der Waals surface area contributed by atoms with Crippen LogP contribution in [-0.2, 0) is 11.2 Å². The molecule has 1 amide bonds. The number of ketones is 1. The lowest BCUT2D eigenvalue weighted by molar-refractivity contribution is -0.132. The second-order valence-corrected chi connectivity index (χ2v) is 8.27. The number of carbonyl (C=O) groups excluding carboxylic acids is 2. The van der Waals surface area contributed by atoms with Crippen molar-refractivity contribution in [3.05, 3.63) is 64.1 Å². The molecule has 1 aliphatic rings. The van der Waals surface area contributed by atoms with Crippen LogP contribution >= 0.6 is 0 Å². The van der Waals surface area contributed by atoms with Crippen LogP contribution in [0.25, 0.3) is 5.52 Å². The van der Waals surface area contributed by atoms with Gasteiger partial charge < -0.3 is 14.6 Å². The highest BCUT2D eigenvalue weighted by atomic mass is 16.5. The number of aromatic nitrogens is 3. The van der Waals surface area contributed by atoms with Gasteiger partial charge in [-0.3, -0.25) is 18.8 Å². The summed E-state index contributed by atoms with van der Waals surface area (Å²) >= 11 is 0. The Morgan fingerprint density at radius 1 is 1.19 bits per heavy atom. The number of hydrogen-bond donors (Lipinski definition) is 1. The van der Waals surface area contributed by atoms with Crippen LogP contribution in [0.15, 0.2) is 41.5 Å². The molecular weight excluding hydrogens is 408 g/mol. The zero-order chi connectivity index (χ0) is 22.7. The molecule has 1 fully saturated rings. The molecular formula is C24H28N4O4. The summed E-state index contributed by atoms with van der Waals surface area (Å²) in [6.07, 6.45) is 6.48. The molecule has 4 rings (SSSR count). The molecule has 0 radical (unpaired) electrons. The predicted molar refractivity (Wildman–Crippen MR) is 120 cm³/mol. The molecule has 8 heteroatoms. The molecule has 1 saturated heterocycles. The molecule has 0 bridgehead atoms. The summed E-state index contributed by atoms with van der Waals surface area (Å²) in [6, 6.07) is 7.19. The van der Waals surface area contributed by atoms with Crippen molar-refractivity contribution in [1.29, 1.82) is 0 Å². The standard InChI is InChI=1S/C24H28N4O4/c1-16-25-14-21-24(31)26-19(15-28(16)21)4-3-5-22(29)27-12-10-18(11-13-27)23(30)17-6-8-20(32-2)9-7-17/h6-9,14-15,18H,3-5,10-13H2,1-2H3,(H,26,31). The van der Waals surface area contributed by atoms with Gasteiger partial charge in [0.25, 0.3) is 5.56 Å². The fourth-order valence-corrected chi connectivity index (χ4v) is 4.28. The van der Waals surface area contributed by atoms with Crippen molar-refractivity contribution < 1.29 is 14.3 Å². The van der Waals surface area contributed by atoms with E-state index in [1.54, 1.807) is 42.0 Å². The van der Waals surface area contributed by atoms with Gasteiger partial charge in [0.05, 0.1) is 13.3 Å². The molecule has 1 aromatic carbocycles. The molecule has 0 atom stereocenters. The first-order chi connectivity index (χ1) is 15.5. The van der Waals surface area contributed by atoms with Crippen LogP contribution in [0.4, 0.5) is 0 Å². The minimum Gasteiger partial charge on any atom is -0.497 e. The number of aryl methyl sites for hydroxylation is 2. The number of piperidine rings is 1. The van der Waals surface area contributed by atoms with E-state index in [1.807, 2.05) is 18.0 Å². The van der Waals surface area contributed by atoms with E-state index in [9.17, 15) is 14.4 Å². The third-order valence-corrected chi connectivity index (χ3v) is 6.20. The van der Waals surface area contributed by atoms with Gasteiger partial charge in [0, 0.05) is 42.9 Å². The molecule has 32 heavy (non-hydrogen) atoms. The zero-order valence-electron chi connectivity index (χ0n) is 18.5. The average molecular weight is 437 g/mol. The van der Waals surface area contributed by atoms with E-state index in [-0.39, 0.29) is 23.2 Å². The molecule has 1 N–H and O–H groups in total. The van der Waals surface area contributed by atoms with Gasteiger partial charge in [-0.25, -0.2) is 4.98 Å². The Bertz CT molecular complexity index is 1170. The van der Waals surface area contributed by atoms with Gasteiger partial charge in [-0.05, 0) is 56.9 Å². The number of nitrogens with one attached hydrogen (secondary N) is 1. The number of ether oxygens (including phenoxy) is 1. The van der Waals surface area contributed by atoms with Gasteiger partial charge in [0.15, 0.2) is 5.78 Å². The first-order valence-electron chi connectivity index (χ1n) is 11.0. The summed E-state index contributed by atoms with van der Waals surface area (Å²) < 4.78 is 6.92. The van der Waals surface area contributed by atoms with Crippen molar-refractivity contribution in [3.8, 4) is 5.75 Å². The summed E-state index contributed by atoms with van der Waals surface area (Å²) in [5.74, 6) is 1.67. The maximum absolute atomic E-state index is 12.8. The number of Topliss-reactive ketones (excluding diaryl/α,β-unsaturated/α-hetero) is 1. The molecule has 3 aromatic rings. The number of aromatic amines is 1. The second kappa shape index (κ2) is 9.38. The van der Waals surface area contributed by atoms with E-state index in [0.717, 1.165) is 17.3 Å². The Morgan fingerprint density at radius 2 is 1.91 bits per heavy atom. The van der Waals surface area contributed by atoms with Crippen LogP contribution in [0, 0.1) is 12.8 Å². The number of hydrogen-bond acceptors (Lipinski definition) is 5. The Balaban J connectivity index is 1.26. The minimum atomic E-state index is -0.168. The normalized spacial score (nSPS) is 14.6. The second-order valence-electron chi connectivity index (χ2n) is 8.27. The zero-order valence-corrected chi connectivity index (χ0v) is 18.5. The third-order valence-electron chi connectivity index (χ3n) is 6.20. The fraction of sp³-hybridized carbons (Fsp3) is 0.417. The van der Waals surface area contributed by atoms with Crippen LogP contribution < -0.4 is 10.3 Å². The molecule has 8 nitrogen and oxygen atoms in total. The quantitative estimate of drug-likeness (QED) is 0.575. The number of rotatable bonds is 7. The molecule has 3 heterocycles. The van der Waals surface area contributed by atoms with Gasteiger partial charge in [0.1, 0.15) is 17.1 Å². The summed E-state index contributed by atoms with van der Waals surface area (Å²) in [5.41, 5.74) is 1.84. The summed E-state index contributed by atoms with van der Waals surface area (Å²) in [7, 11) is 1.60. The number of amides is 1. The summed E-state index contributed by atoms with van der Waals surface area (Å²) in [5, 5.41) is 0. The van der Waals surface area contributed by atoms with E-state index in [1.165, 1.54) is 0 Å². The summed E-state index contributed by atoms with van der Waals surface area (Å²) in [6.45, 7) is 3.05. The number of fused-ring (bicyclic) bond motifs is 1. The number of carbonyl (C=O) groups is 2. The highest BCUT2D eigenvalue weighted by molar-refractivity contribution is 5.98. The molecule has 0 aliphatic carbocycles. The monoisotopic (exact) mass is 436 g/mol. The average Bonchev–Trinajstić information content (AvgIpc) is 3.20. The van der Waals surface area contributed by atoms with Gasteiger partial charge in [-0.15, -0.1) is 0 Å². The molecule has 0 unspecified atom stereocenters. The number of nitrogens with zero attached hydrogens (tertiary/aromatic N) is 3. The topological polar surface area (TPSA) is 96.8 Å². The molecule has 2 aromatic heterocycles. The number of likely N-dealkylation sites (tertiary alicyclic amines) is 1. The van der Waals surface area contributed by atoms with E-state index in [0.29, 0.717) is 56.3 Å². The lowest BCUT2D eigenvalue weighted by Crippen LogP contribution is -2.40. The minimum absolute atomic E-state index is 0.0531. The van der Waals surface area contributed by atoms with Crippen molar-refractivity contribution in [2.24, 2.45) is 5.92 Å². The highest BCUT2D eigenvalue weighted by Gasteiger charge is 2.27. The number of imidazole rings is 1. The largest absolute Gasteiger partial charge is 0.497 e. The van der Waals surface area contributed by atoms with Crippen molar-refractivity contribution >= 4 is 17.2 Å². The SMILES string of the molecule is COc1ccc(C(=O)C2CCN(C(=O)CCCc3cn4c(C)ncc4c(=O)[nH]3)CC2)cc1. The van der Waals surface area contributed by atoms with Crippen molar-refractivity contribution in [2.75, 3.05) is 20.2 Å². The lowest BCUT2D eigenvalue weighted by Gasteiger charge is -2.31. The van der Waals surface area contributed by atoms with Gasteiger partial charge in [-0.2, -0.15) is 0 Å². The van der Waals surface area contributed by atoms with Crippen molar-refractivity contribution in [2.45, 2.75) is 39.0 Å². The lowest BCUT2D eigenvalue weighted by atomic mass is 9.88. The molecule has 168 valence electrons. The Labute approximate surface area is 186 Å². The van der Waals surface area contributed by atoms with Crippen LogP contribution in [0.2, 0.25) is 0 Å². The smallest absolute Gasteiger partial charge is 0.274 e. The van der Waals surface area contributed by atoms with Crippen molar-refractivity contribution in [1.82, 2.24) is 19.3 Å². The molecule has 0 saturated carbocycles. The number of methoxy groups -OCH3 is 1. The van der Waals surface area contributed by atoms with E-state index in [2.05, 4.69) is 9.97 Å². The fourth-order valence-electron chi connectivity index (χ4n) is 4.28. The Hall–Kier alpha value is -3.42. The Kier molecular flexibility index (Phi) is 6.39. The first kappa shape index (κ1) is 21.8. The van der Waals surface area contributed by atoms with E-state index >= 15 is 0 Å². The summed E-state index contributed by atoms with van der Waals surface area (Å²) in [4.78, 5) is 46.4. The molecule has 1 aliphatic heterocycles. The van der Waals surface area contributed by atoms with Crippen LogP contribution in [0.1, 0.15) is 47.6 Å². The highest BCUT2D eigenvalue weighted by Crippen LogP contribution is 2.23.